The van der Waals surface area contributed by atoms with Crippen LogP contribution < -0.4 is 14.8 Å². The first-order valence-corrected chi connectivity index (χ1v) is 12.6. The molecule has 174 valence electrons. The van der Waals surface area contributed by atoms with Crippen molar-refractivity contribution in [2.75, 3.05) is 26.2 Å². The first-order valence-electron chi connectivity index (χ1n) is 11.1. The van der Waals surface area contributed by atoms with Crippen LogP contribution >= 0.6 is 0 Å². The van der Waals surface area contributed by atoms with Crippen molar-refractivity contribution in [2.24, 2.45) is 0 Å². The van der Waals surface area contributed by atoms with Crippen molar-refractivity contribution in [2.45, 2.75) is 50.5 Å². The summed E-state index contributed by atoms with van der Waals surface area (Å²) in [6.07, 6.45) is 2.86. The Labute approximate surface area is 190 Å². The molecule has 32 heavy (non-hydrogen) atoms. The van der Waals surface area contributed by atoms with Gasteiger partial charge < -0.3 is 14.8 Å². The van der Waals surface area contributed by atoms with E-state index < -0.39 is 16.1 Å². The minimum atomic E-state index is -3.45. The fourth-order valence-corrected chi connectivity index (χ4v) is 5.11. The standard InChI is InChI=1S/C24H32N2O5S/c1-3-23(31-21-9-7-8-19(2)18-21)24(27)25-14-17-30-20-10-12-22(13-11-20)32(28,29)26-15-5-4-6-16-26/h7-13,18,23H,3-6,14-17H2,1-2H3,(H,25,27). The zero-order chi connectivity index (χ0) is 23.0. The van der Waals surface area contributed by atoms with E-state index in [9.17, 15) is 13.2 Å². The number of sulfonamides is 1. The number of ether oxygens (including phenoxy) is 2. The van der Waals surface area contributed by atoms with Gasteiger partial charge in [0.1, 0.15) is 18.1 Å². The molecule has 0 saturated carbocycles. The van der Waals surface area contributed by atoms with E-state index in [1.807, 2.05) is 38.1 Å². The summed E-state index contributed by atoms with van der Waals surface area (Å²) < 4.78 is 38.4. The minimum Gasteiger partial charge on any atom is -0.492 e. The highest BCUT2D eigenvalue weighted by Gasteiger charge is 2.25. The van der Waals surface area contributed by atoms with E-state index in [1.54, 1.807) is 28.6 Å². The van der Waals surface area contributed by atoms with E-state index >= 15 is 0 Å². The molecule has 1 aliphatic heterocycles. The summed E-state index contributed by atoms with van der Waals surface area (Å²) in [6, 6.07) is 14.0. The summed E-state index contributed by atoms with van der Waals surface area (Å²) in [7, 11) is -3.45. The van der Waals surface area contributed by atoms with Crippen LogP contribution in [0.2, 0.25) is 0 Å². The molecule has 2 aromatic rings. The molecule has 0 radical (unpaired) electrons. The van der Waals surface area contributed by atoms with Crippen molar-refractivity contribution in [1.82, 2.24) is 9.62 Å². The van der Waals surface area contributed by atoms with Gasteiger partial charge in [0.25, 0.3) is 5.91 Å². The first-order chi connectivity index (χ1) is 15.4. The number of rotatable bonds is 10. The average molecular weight is 461 g/mol. The van der Waals surface area contributed by atoms with Gasteiger partial charge in [0.05, 0.1) is 11.4 Å². The summed E-state index contributed by atoms with van der Waals surface area (Å²) in [5.74, 6) is 1.03. The maximum atomic E-state index is 12.7. The summed E-state index contributed by atoms with van der Waals surface area (Å²) in [5, 5.41) is 2.83. The number of carbonyl (C=O) groups excluding carboxylic acids is 1. The smallest absolute Gasteiger partial charge is 0.261 e. The number of hydrogen-bond acceptors (Lipinski definition) is 5. The summed E-state index contributed by atoms with van der Waals surface area (Å²) >= 11 is 0. The van der Waals surface area contributed by atoms with E-state index in [4.69, 9.17) is 9.47 Å². The normalized spacial score (nSPS) is 15.7. The van der Waals surface area contributed by atoms with E-state index in [-0.39, 0.29) is 17.4 Å². The second-order valence-corrected chi connectivity index (χ2v) is 9.84. The Bertz CT molecular complexity index is 986. The fourth-order valence-electron chi connectivity index (χ4n) is 3.59. The van der Waals surface area contributed by atoms with Crippen molar-refractivity contribution in [3.63, 3.8) is 0 Å². The van der Waals surface area contributed by atoms with Crippen LogP contribution in [0.25, 0.3) is 0 Å². The van der Waals surface area contributed by atoms with Gasteiger partial charge in [-0.2, -0.15) is 4.31 Å². The zero-order valence-corrected chi connectivity index (χ0v) is 19.6. The quantitative estimate of drug-likeness (QED) is 0.549. The number of benzene rings is 2. The van der Waals surface area contributed by atoms with E-state index in [0.717, 1.165) is 24.8 Å². The van der Waals surface area contributed by atoms with Crippen molar-refractivity contribution in [3.8, 4) is 11.5 Å². The van der Waals surface area contributed by atoms with Crippen molar-refractivity contribution in [1.29, 1.82) is 0 Å². The average Bonchev–Trinajstić information content (AvgIpc) is 2.81. The van der Waals surface area contributed by atoms with E-state index in [0.29, 0.717) is 37.6 Å². The molecule has 0 bridgehead atoms. The van der Waals surface area contributed by atoms with Gasteiger partial charge >= 0.3 is 0 Å². The third-order valence-electron chi connectivity index (χ3n) is 5.38. The number of piperidine rings is 1. The van der Waals surface area contributed by atoms with Crippen molar-refractivity contribution in [3.05, 3.63) is 54.1 Å². The number of carbonyl (C=O) groups is 1. The number of hydrogen-bond donors (Lipinski definition) is 1. The van der Waals surface area contributed by atoms with Crippen molar-refractivity contribution >= 4 is 15.9 Å². The van der Waals surface area contributed by atoms with Gasteiger partial charge in [-0.25, -0.2) is 8.42 Å². The van der Waals surface area contributed by atoms with E-state index in [2.05, 4.69) is 5.32 Å². The molecule has 1 aliphatic rings. The number of nitrogens with zero attached hydrogens (tertiary/aromatic N) is 1. The molecular weight excluding hydrogens is 428 g/mol. The SMILES string of the molecule is CCC(Oc1cccc(C)c1)C(=O)NCCOc1ccc(S(=O)(=O)N2CCCCC2)cc1. The molecule has 1 heterocycles. The van der Waals surface area contributed by atoms with Gasteiger partial charge in [-0.15, -0.1) is 0 Å². The molecule has 0 aliphatic carbocycles. The lowest BCUT2D eigenvalue weighted by Gasteiger charge is -2.25. The maximum Gasteiger partial charge on any atom is 0.261 e. The highest BCUT2D eigenvalue weighted by Crippen LogP contribution is 2.22. The lowest BCUT2D eigenvalue weighted by molar-refractivity contribution is -0.128. The molecule has 1 N–H and O–H groups in total. The molecule has 0 aromatic heterocycles. The van der Waals surface area contributed by atoms with Gasteiger partial charge in [0.15, 0.2) is 6.10 Å². The Balaban J connectivity index is 1.45. The third kappa shape index (κ3) is 6.46. The molecule has 2 aromatic carbocycles. The zero-order valence-electron chi connectivity index (χ0n) is 18.7. The van der Waals surface area contributed by atoms with Crippen LogP contribution in [-0.4, -0.2) is 51.0 Å². The summed E-state index contributed by atoms with van der Waals surface area (Å²) in [5.41, 5.74) is 1.07. The van der Waals surface area contributed by atoms with Crippen LogP contribution in [0.5, 0.6) is 11.5 Å². The van der Waals surface area contributed by atoms with Crippen LogP contribution in [0.4, 0.5) is 0 Å². The number of aryl methyl sites for hydroxylation is 1. The molecule has 1 saturated heterocycles. The molecule has 1 atom stereocenters. The van der Waals surface area contributed by atoms with Crippen LogP contribution in [0.1, 0.15) is 38.2 Å². The first kappa shape index (κ1) is 24.1. The predicted octanol–water partition coefficient (Wildman–Crippen LogP) is 3.52. The Hall–Kier alpha value is -2.58. The Morgan fingerprint density at radius 2 is 1.78 bits per heavy atom. The molecule has 8 heteroatoms. The second kappa shape index (κ2) is 11.3. The van der Waals surface area contributed by atoms with Gasteiger partial charge in [-0.3, -0.25) is 4.79 Å². The molecular formula is C24H32N2O5S. The fraction of sp³-hybridized carbons (Fsp3) is 0.458. The third-order valence-corrected chi connectivity index (χ3v) is 7.29. The molecule has 7 nitrogen and oxygen atoms in total. The molecule has 1 unspecified atom stereocenters. The van der Waals surface area contributed by atoms with Crippen LogP contribution in [-0.2, 0) is 14.8 Å². The topological polar surface area (TPSA) is 84.9 Å². The van der Waals surface area contributed by atoms with Gasteiger partial charge in [-0.05, 0) is 68.1 Å². The number of nitrogens with one attached hydrogen (secondary N) is 1. The van der Waals surface area contributed by atoms with Crippen LogP contribution in [0, 0.1) is 6.92 Å². The van der Waals surface area contributed by atoms with Gasteiger partial charge in [0, 0.05) is 13.1 Å². The predicted molar refractivity (Wildman–Crippen MR) is 123 cm³/mol. The van der Waals surface area contributed by atoms with E-state index in [1.165, 1.54) is 0 Å². The summed E-state index contributed by atoms with van der Waals surface area (Å²) in [6.45, 7) is 5.61. The maximum absolute atomic E-state index is 12.7. The minimum absolute atomic E-state index is 0.194. The van der Waals surface area contributed by atoms with Gasteiger partial charge in [0.2, 0.25) is 10.0 Å². The highest BCUT2D eigenvalue weighted by molar-refractivity contribution is 7.89. The van der Waals surface area contributed by atoms with Crippen LogP contribution in [0.15, 0.2) is 53.4 Å². The lowest BCUT2D eigenvalue weighted by atomic mass is 10.2. The Kier molecular flexibility index (Phi) is 8.53. The molecule has 3 rings (SSSR count). The Morgan fingerprint density at radius 3 is 2.44 bits per heavy atom. The summed E-state index contributed by atoms with van der Waals surface area (Å²) in [4.78, 5) is 12.7. The largest absolute Gasteiger partial charge is 0.492 e. The highest BCUT2D eigenvalue weighted by atomic mass is 32.2. The molecule has 1 fully saturated rings. The monoisotopic (exact) mass is 460 g/mol. The second-order valence-electron chi connectivity index (χ2n) is 7.91. The van der Waals surface area contributed by atoms with Crippen LogP contribution in [0.3, 0.4) is 0 Å². The Morgan fingerprint density at radius 1 is 1.06 bits per heavy atom. The molecule has 0 spiro atoms. The molecule has 1 amide bonds. The van der Waals surface area contributed by atoms with Gasteiger partial charge in [-0.1, -0.05) is 25.5 Å². The van der Waals surface area contributed by atoms with Crippen molar-refractivity contribution < 1.29 is 22.7 Å². The lowest BCUT2D eigenvalue weighted by Crippen LogP contribution is -2.39. The number of amides is 1.